The SMILES string of the molecule is O=C(Nc1ccccc1Cl)c1ccc(NS(=O)(=O)c2ccccc2)cc1. The normalized spacial score (nSPS) is 11.0. The summed E-state index contributed by atoms with van der Waals surface area (Å²) in [6.45, 7) is 0. The Bertz CT molecular complexity index is 1020. The fourth-order valence-corrected chi connectivity index (χ4v) is 3.52. The van der Waals surface area contributed by atoms with Crippen molar-refractivity contribution in [1.82, 2.24) is 0 Å². The highest BCUT2D eigenvalue weighted by Gasteiger charge is 2.14. The van der Waals surface area contributed by atoms with Gasteiger partial charge in [0.15, 0.2) is 0 Å². The summed E-state index contributed by atoms with van der Waals surface area (Å²) in [7, 11) is -3.67. The zero-order chi connectivity index (χ0) is 18.6. The van der Waals surface area contributed by atoms with E-state index >= 15 is 0 Å². The molecule has 3 rings (SSSR count). The van der Waals surface area contributed by atoms with Crippen LogP contribution in [0.15, 0.2) is 83.8 Å². The van der Waals surface area contributed by atoms with Crippen LogP contribution in [-0.4, -0.2) is 14.3 Å². The molecule has 132 valence electrons. The van der Waals surface area contributed by atoms with Gasteiger partial charge in [0.1, 0.15) is 0 Å². The van der Waals surface area contributed by atoms with Crippen molar-refractivity contribution in [1.29, 1.82) is 0 Å². The molecular weight excluding hydrogens is 372 g/mol. The van der Waals surface area contributed by atoms with Gasteiger partial charge in [-0.2, -0.15) is 0 Å². The van der Waals surface area contributed by atoms with Crippen LogP contribution in [0.5, 0.6) is 0 Å². The molecular formula is C19H15ClN2O3S. The lowest BCUT2D eigenvalue weighted by atomic mass is 10.2. The van der Waals surface area contributed by atoms with Crippen molar-refractivity contribution >= 4 is 38.9 Å². The number of rotatable bonds is 5. The number of hydrogen-bond acceptors (Lipinski definition) is 3. The number of para-hydroxylation sites is 1. The van der Waals surface area contributed by atoms with E-state index in [9.17, 15) is 13.2 Å². The number of benzene rings is 3. The zero-order valence-corrected chi connectivity index (χ0v) is 15.1. The predicted molar refractivity (Wildman–Crippen MR) is 103 cm³/mol. The summed E-state index contributed by atoms with van der Waals surface area (Å²) in [5, 5.41) is 3.15. The molecule has 0 heterocycles. The third kappa shape index (κ3) is 4.22. The molecule has 0 aliphatic heterocycles. The molecule has 0 radical (unpaired) electrons. The van der Waals surface area contributed by atoms with Gasteiger partial charge in [-0.3, -0.25) is 9.52 Å². The first-order chi connectivity index (χ1) is 12.5. The second kappa shape index (κ2) is 7.59. The van der Waals surface area contributed by atoms with Crippen molar-refractivity contribution < 1.29 is 13.2 Å². The molecule has 0 fully saturated rings. The predicted octanol–water partition coefficient (Wildman–Crippen LogP) is 4.39. The van der Waals surface area contributed by atoms with Crippen LogP contribution in [0.2, 0.25) is 5.02 Å². The molecule has 0 unspecified atom stereocenters. The van der Waals surface area contributed by atoms with E-state index in [1.165, 1.54) is 36.4 Å². The van der Waals surface area contributed by atoms with Gasteiger partial charge in [-0.25, -0.2) is 8.42 Å². The molecule has 1 amide bonds. The minimum absolute atomic E-state index is 0.167. The van der Waals surface area contributed by atoms with Crippen LogP contribution in [0.4, 0.5) is 11.4 Å². The summed E-state index contributed by atoms with van der Waals surface area (Å²) in [5.74, 6) is -0.337. The average molecular weight is 387 g/mol. The number of anilines is 2. The third-order valence-corrected chi connectivity index (χ3v) is 5.30. The first-order valence-electron chi connectivity index (χ1n) is 7.69. The summed E-state index contributed by atoms with van der Waals surface area (Å²) in [4.78, 5) is 12.4. The molecule has 0 spiro atoms. The molecule has 0 aromatic heterocycles. The largest absolute Gasteiger partial charge is 0.321 e. The Balaban J connectivity index is 1.72. The lowest BCUT2D eigenvalue weighted by Crippen LogP contribution is -2.14. The van der Waals surface area contributed by atoms with Crippen LogP contribution in [-0.2, 0) is 10.0 Å². The van der Waals surface area contributed by atoms with Gasteiger partial charge < -0.3 is 5.32 Å². The van der Waals surface area contributed by atoms with E-state index in [0.717, 1.165) is 0 Å². The summed E-state index contributed by atoms with van der Waals surface area (Å²) in [6.07, 6.45) is 0. The fraction of sp³-hybridized carbons (Fsp3) is 0. The van der Waals surface area contributed by atoms with E-state index in [1.807, 2.05) is 0 Å². The Morgan fingerprint density at radius 1 is 0.808 bits per heavy atom. The van der Waals surface area contributed by atoms with E-state index in [4.69, 9.17) is 11.6 Å². The van der Waals surface area contributed by atoms with Gasteiger partial charge in [-0.05, 0) is 48.5 Å². The molecule has 0 saturated carbocycles. The number of sulfonamides is 1. The van der Waals surface area contributed by atoms with Crippen LogP contribution in [0, 0.1) is 0 Å². The highest BCUT2D eigenvalue weighted by Crippen LogP contribution is 2.22. The number of halogens is 1. The van der Waals surface area contributed by atoms with Gasteiger partial charge in [0.2, 0.25) is 0 Å². The first kappa shape index (κ1) is 18.0. The van der Waals surface area contributed by atoms with E-state index in [1.54, 1.807) is 42.5 Å². The van der Waals surface area contributed by atoms with Crippen molar-refractivity contribution in [3.8, 4) is 0 Å². The molecule has 0 bridgehead atoms. The van der Waals surface area contributed by atoms with Crippen LogP contribution in [0.1, 0.15) is 10.4 Å². The second-order valence-corrected chi connectivity index (χ2v) is 7.52. The minimum Gasteiger partial charge on any atom is -0.321 e. The van der Waals surface area contributed by atoms with E-state index in [0.29, 0.717) is 22.0 Å². The van der Waals surface area contributed by atoms with Crippen LogP contribution >= 0.6 is 11.6 Å². The lowest BCUT2D eigenvalue weighted by molar-refractivity contribution is 0.102. The van der Waals surface area contributed by atoms with Crippen LogP contribution in [0.25, 0.3) is 0 Å². The van der Waals surface area contributed by atoms with Gasteiger partial charge >= 0.3 is 0 Å². The van der Waals surface area contributed by atoms with Crippen LogP contribution in [0.3, 0.4) is 0 Å². The van der Waals surface area contributed by atoms with Crippen molar-refractivity contribution in [3.05, 3.63) is 89.4 Å². The maximum absolute atomic E-state index is 12.3. The van der Waals surface area contributed by atoms with Gasteiger partial charge in [-0.15, -0.1) is 0 Å². The number of carbonyl (C=O) groups excluding carboxylic acids is 1. The van der Waals surface area contributed by atoms with Gasteiger partial charge in [0.25, 0.3) is 15.9 Å². The second-order valence-electron chi connectivity index (χ2n) is 5.43. The Morgan fingerprint density at radius 2 is 1.42 bits per heavy atom. The molecule has 3 aromatic rings. The highest BCUT2D eigenvalue weighted by atomic mass is 35.5. The van der Waals surface area contributed by atoms with Gasteiger partial charge in [0, 0.05) is 11.3 Å². The molecule has 26 heavy (non-hydrogen) atoms. The maximum Gasteiger partial charge on any atom is 0.261 e. The number of nitrogens with one attached hydrogen (secondary N) is 2. The zero-order valence-electron chi connectivity index (χ0n) is 13.5. The number of hydrogen-bond donors (Lipinski definition) is 2. The van der Waals surface area contributed by atoms with Crippen molar-refractivity contribution in [2.24, 2.45) is 0 Å². The number of amides is 1. The summed E-state index contributed by atoms with van der Waals surface area (Å²) in [5.41, 5.74) is 1.25. The summed E-state index contributed by atoms with van der Waals surface area (Å²) >= 11 is 6.02. The van der Waals surface area contributed by atoms with E-state index in [-0.39, 0.29) is 10.8 Å². The maximum atomic E-state index is 12.3. The topological polar surface area (TPSA) is 75.3 Å². The van der Waals surface area contributed by atoms with Gasteiger partial charge in [-0.1, -0.05) is 41.9 Å². The molecule has 2 N–H and O–H groups in total. The molecule has 0 saturated heterocycles. The Labute approximate surface area is 156 Å². The molecule has 0 aliphatic carbocycles. The molecule has 3 aromatic carbocycles. The molecule has 7 heteroatoms. The van der Waals surface area contributed by atoms with Crippen molar-refractivity contribution in [3.63, 3.8) is 0 Å². The average Bonchev–Trinajstić information content (AvgIpc) is 2.64. The fourth-order valence-electron chi connectivity index (χ4n) is 2.26. The monoisotopic (exact) mass is 386 g/mol. The Hall–Kier alpha value is -2.83. The minimum atomic E-state index is -3.67. The van der Waals surface area contributed by atoms with Crippen LogP contribution < -0.4 is 10.0 Å². The van der Waals surface area contributed by atoms with Gasteiger partial charge in [0.05, 0.1) is 15.6 Å². The molecule has 0 atom stereocenters. The lowest BCUT2D eigenvalue weighted by Gasteiger charge is -2.10. The van der Waals surface area contributed by atoms with E-state index in [2.05, 4.69) is 10.0 Å². The summed E-state index contributed by atoms with van der Waals surface area (Å²) in [6, 6.07) is 21.1. The molecule has 5 nitrogen and oxygen atoms in total. The number of carbonyl (C=O) groups is 1. The standard InChI is InChI=1S/C19H15ClN2O3S/c20-17-8-4-5-9-18(17)21-19(23)14-10-12-15(13-11-14)22-26(24,25)16-6-2-1-3-7-16/h1-13,22H,(H,21,23). The Morgan fingerprint density at radius 3 is 2.08 bits per heavy atom. The first-order valence-corrected chi connectivity index (χ1v) is 9.56. The Kier molecular flexibility index (Phi) is 5.25. The third-order valence-electron chi connectivity index (χ3n) is 3.57. The molecule has 0 aliphatic rings. The van der Waals surface area contributed by atoms with E-state index < -0.39 is 10.0 Å². The quantitative estimate of drug-likeness (QED) is 0.682. The smallest absolute Gasteiger partial charge is 0.261 e. The van der Waals surface area contributed by atoms with Crippen molar-refractivity contribution in [2.45, 2.75) is 4.90 Å². The highest BCUT2D eigenvalue weighted by molar-refractivity contribution is 7.92. The van der Waals surface area contributed by atoms with Crippen molar-refractivity contribution in [2.75, 3.05) is 10.0 Å². The summed E-state index contributed by atoms with van der Waals surface area (Å²) < 4.78 is 27.1.